The quantitative estimate of drug-likeness (QED) is 0.869. The van der Waals surface area contributed by atoms with Gasteiger partial charge in [-0.05, 0) is 28.7 Å². The molecule has 1 aliphatic rings. The smallest absolute Gasteiger partial charge is 0.0236 e. The lowest BCUT2D eigenvalue weighted by atomic mass is 9.82. The SMILES string of the molecule is CCN1Cc2cc(C(C)(C)C)ccc2C(CN)C1. The minimum absolute atomic E-state index is 0.224. The van der Waals surface area contributed by atoms with E-state index in [0.717, 1.165) is 26.2 Å². The molecular weight excluding hydrogens is 220 g/mol. The van der Waals surface area contributed by atoms with Crippen molar-refractivity contribution in [2.75, 3.05) is 19.6 Å². The molecule has 0 radical (unpaired) electrons. The number of rotatable bonds is 2. The third kappa shape index (κ3) is 2.60. The monoisotopic (exact) mass is 246 g/mol. The Kier molecular flexibility index (Phi) is 3.79. The number of nitrogens with zero attached hydrogens (tertiary/aromatic N) is 1. The first-order valence-electron chi connectivity index (χ1n) is 7.01. The number of hydrogen-bond donors (Lipinski definition) is 1. The summed E-state index contributed by atoms with van der Waals surface area (Å²) in [5.74, 6) is 0.503. The second kappa shape index (κ2) is 5.02. The molecule has 0 aromatic heterocycles. The van der Waals surface area contributed by atoms with E-state index in [0.29, 0.717) is 5.92 Å². The summed E-state index contributed by atoms with van der Waals surface area (Å²) >= 11 is 0. The van der Waals surface area contributed by atoms with Crippen LogP contribution in [0.2, 0.25) is 0 Å². The van der Waals surface area contributed by atoms with Crippen LogP contribution in [0.4, 0.5) is 0 Å². The van der Waals surface area contributed by atoms with Crippen molar-refractivity contribution >= 4 is 0 Å². The molecule has 2 rings (SSSR count). The van der Waals surface area contributed by atoms with Gasteiger partial charge in [-0.25, -0.2) is 0 Å². The Balaban J connectivity index is 2.39. The van der Waals surface area contributed by atoms with Gasteiger partial charge < -0.3 is 5.73 Å². The fourth-order valence-electron chi connectivity index (χ4n) is 2.77. The second-order valence-electron chi connectivity index (χ2n) is 6.42. The zero-order chi connectivity index (χ0) is 13.3. The molecule has 1 unspecified atom stereocenters. The van der Waals surface area contributed by atoms with Crippen molar-refractivity contribution in [2.24, 2.45) is 5.73 Å². The maximum absolute atomic E-state index is 5.93. The molecule has 0 saturated heterocycles. The average molecular weight is 246 g/mol. The molecule has 2 heteroatoms. The molecule has 1 atom stereocenters. The van der Waals surface area contributed by atoms with Crippen LogP contribution in [0.15, 0.2) is 18.2 Å². The molecule has 0 fully saturated rings. The first-order chi connectivity index (χ1) is 8.45. The summed E-state index contributed by atoms with van der Waals surface area (Å²) in [6.45, 7) is 13.1. The second-order valence-corrected chi connectivity index (χ2v) is 6.42. The van der Waals surface area contributed by atoms with Crippen molar-refractivity contribution in [1.82, 2.24) is 4.90 Å². The summed E-state index contributed by atoms with van der Waals surface area (Å²) in [6.07, 6.45) is 0. The zero-order valence-corrected chi connectivity index (χ0v) is 12.2. The average Bonchev–Trinajstić information content (AvgIpc) is 2.35. The van der Waals surface area contributed by atoms with E-state index in [1.54, 1.807) is 0 Å². The van der Waals surface area contributed by atoms with Crippen molar-refractivity contribution in [3.63, 3.8) is 0 Å². The number of hydrogen-bond acceptors (Lipinski definition) is 2. The van der Waals surface area contributed by atoms with E-state index >= 15 is 0 Å². The molecule has 0 saturated carbocycles. The van der Waals surface area contributed by atoms with E-state index in [-0.39, 0.29) is 5.41 Å². The summed E-state index contributed by atoms with van der Waals surface area (Å²) in [7, 11) is 0. The van der Waals surface area contributed by atoms with Crippen LogP contribution in [-0.2, 0) is 12.0 Å². The first kappa shape index (κ1) is 13.6. The summed E-state index contributed by atoms with van der Waals surface area (Å²) in [5, 5.41) is 0. The lowest BCUT2D eigenvalue weighted by Crippen LogP contribution is -2.36. The highest BCUT2D eigenvalue weighted by Crippen LogP contribution is 2.31. The maximum Gasteiger partial charge on any atom is 0.0236 e. The van der Waals surface area contributed by atoms with Gasteiger partial charge in [0.15, 0.2) is 0 Å². The van der Waals surface area contributed by atoms with Crippen LogP contribution in [0, 0.1) is 0 Å². The topological polar surface area (TPSA) is 29.3 Å². The molecule has 100 valence electrons. The minimum Gasteiger partial charge on any atom is -0.330 e. The Hall–Kier alpha value is -0.860. The molecular formula is C16H26N2. The summed E-state index contributed by atoms with van der Waals surface area (Å²) < 4.78 is 0. The Morgan fingerprint density at radius 3 is 2.61 bits per heavy atom. The molecule has 0 spiro atoms. The van der Waals surface area contributed by atoms with Crippen LogP contribution in [-0.4, -0.2) is 24.5 Å². The van der Waals surface area contributed by atoms with Crippen molar-refractivity contribution in [3.05, 3.63) is 34.9 Å². The Morgan fingerprint density at radius 1 is 1.33 bits per heavy atom. The summed E-state index contributed by atoms with van der Waals surface area (Å²) in [4.78, 5) is 2.49. The normalized spacial score (nSPS) is 20.8. The minimum atomic E-state index is 0.224. The van der Waals surface area contributed by atoms with Gasteiger partial charge in [0.25, 0.3) is 0 Å². The fraction of sp³-hybridized carbons (Fsp3) is 0.625. The van der Waals surface area contributed by atoms with Gasteiger partial charge in [0.1, 0.15) is 0 Å². The predicted octanol–water partition coefficient (Wildman–Crippen LogP) is 2.86. The van der Waals surface area contributed by atoms with Crippen molar-refractivity contribution in [3.8, 4) is 0 Å². The standard InChI is InChI=1S/C16H26N2/c1-5-18-10-12-8-14(16(2,3)4)6-7-15(12)13(9-17)11-18/h6-8,13H,5,9-11,17H2,1-4H3. The molecule has 18 heavy (non-hydrogen) atoms. The molecule has 0 bridgehead atoms. The Morgan fingerprint density at radius 2 is 2.06 bits per heavy atom. The van der Waals surface area contributed by atoms with Crippen molar-refractivity contribution < 1.29 is 0 Å². The van der Waals surface area contributed by atoms with Gasteiger partial charge in [-0.2, -0.15) is 0 Å². The number of fused-ring (bicyclic) bond motifs is 1. The molecule has 1 heterocycles. The summed E-state index contributed by atoms with van der Waals surface area (Å²) in [5.41, 5.74) is 10.5. The van der Waals surface area contributed by atoms with Gasteiger partial charge in [-0.3, -0.25) is 4.90 Å². The predicted molar refractivity (Wildman–Crippen MR) is 77.9 cm³/mol. The van der Waals surface area contributed by atoms with E-state index in [1.165, 1.54) is 16.7 Å². The fourth-order valence-corrected chi connectivity index (χ4v) is 2.77. The number of likely N-dealkylation sites (N-methyl/N-ethyl adjacent to an activating group) is 1. The van der Waals surface area contributed by atoms with Gasteiger partial charge in [0.05, 0.1) is 0 Å². The van der Waals surface area contributed by atoms with Gasteiger partial charge >= 0.3 is 0 Å². The third-order valence-corrected chi connectivity index (χ3v) is 4.05. The van der Waals surface area contributed by atoms with Crippen LogP contribution in [0.3, 0.4) is 0 Å². The van der Waals surface area contributed by atoms with Gasteiger partial charge in [0, 0.05) is 25.6 Å². The van der Waals surface area contributed by atoms with E-state index in [4.69, 9.17) is 5.73 Å². The lowest BCUT2D eigenvalue weighted by molar-refractivity contribution is 0.243. The maximum atomic E-state index is 5.93. The van der Waals surface area contributed by atoms with Crippen LogP contribution in [0.5, 0.6) is 0 Å². The molecule has 1 aromatic rings. The third-order valence-electron chi connectivity index (χ3n) is 4.05. The van der Waals surface area contributed by atoms with Crippen molar-refractivity contribution in [2.45, 2.75) is 45.6 Å². The van der Waals surface area contributed by atoms with E-state index in [2.05, 4.69) is 50.8 Å². The largest absolute Gasteiger partial charge is 0.330 e. The van der Waals surface area contributed by atoms with E-state index < -0.39 is 0 Å². The number of benzene rings is 1. The van der Waals surface area contributed by atoms with Gasteiger partial charge in [-0.1, -0.05) is 45.9 Å². The molecule has 0 aliphatic carbocycles. The van der Waals surface area contributed by atoms with Crippen LogP contribution in [0.1, 0.15) is 50.3 Å². The lowest BCUT2D eigenvalue weighted by Gasteiger charge is -2.34. The van der Waals surface area contributed by atoms with Gasteiger partial charge in [-0.15, -0.1) is 0 Å². The van der Waals surface area contributed by atoms with Crippen LogP contribution >= 0.6 is 0 Å². The van der Waals surface area contributed by atoms with E-state index in [9.17, 15) is 0 Å². The highest BCUT2D eigenvalue weighted by Gasteiger charge is 2.25. The van der Waals surface area contributed by atoms with Crippen molar-refractivity contribution in [1.29, 1.82) is 0 Å². The number of nitrogens with two attached hydrogens (primary N) is 1. The zero-order valence-electron chi connectivity index (χ0n) is 12.2. The van der Waals surface area contributed by atoms with E-state index in [1.807, 2.05) is 0 Å². The highest BCUT2D eigenvalue weighted by atomic mass is 15.1. The molecule has 1 aromatic carbocycles. The summed E-state index contributed by atoms with van der Waals surface area (Å²) in [6, 6.07) is 6.98. The van der Waals surface area contributed by atoms with Gasteiger partial charge in [0.2, 0.25) is 0 Å². The Labute approximate surface area is 111 Å². The van der Waals surface area contributed by atoms with Crippen LogP contribution in [0.25, 0.3) is 0 Å². The molecule has 1 aliphatic heterocycles. The Bertz CT molecular complexity index is 418. The molecule has 0 amide bonds. The molecule has 2 nitrogen and oxygen atoms in total. The first-order valence-corrected chi connectivity index (χ1v) is 7.01. The molecule has 2 N–H and O–H groups in total. The highest BCUT2D eigenvalue weighted by molar-refractivity contribution is 5.39. The van der Waals surface area contributed by atoms with Crippen LogP contribution < -0.4 is 5.73 Å².